The predicted octanol–water partition coefficient (Wildman–Crippen LogP) is 3.38. The van der Waals surface area contributed by atoms with Gasteiger partial charge >= 0.3 is 0 Å². The molecule has 1 aliphatic carbocycles. The monoisotopic (exact) mass is 351 g/mol. The van der Waals surface area contributed by atoms with Crippen LogP contribution in [0.2, 0.25) is 0 Å². The Bertz CT molecular complexity index is 915. The van der Waals surface area contributed by atoms with E-state index in [1.807, 2.05) is 37.5 Å². The second kappa shape index (κ2) is 6.25. The lowest BCUT2D eigenvalue weighted by Gasteiger charge is -2.36. The molecule has 5 rings (SSSR count). The minimum absolute atomic E-state index is 0.120. The number of aromatic nitrogens is 2. The molecule has 4 atom stereocenters. The number of likely N-dealkylation sites (tertiary alicyclic amines) is 1. The van der Waals surface area contributed by atoms with Crippen molar-refractivity contribution in [3.8, 4) is 0 Å². The Morgan fingerprint density at radius 2 is 1.92 bits per heavy atom. The number of fused-ring (bicyclic) bond motifs is 2. The number of nitrogens with zero attached hydrogens (tertiary/aromatic N) is 3. The average molecular weight is 351 g/mol. The molecule has 136 valence electrons. The summed E-state index contributed by atoms with van der Waals surface area (Å²) in [5, 5.41) is 10.8. The van der Waals surface area contributed by atoms with Gasteiger partial charge in [-0.3, -0.25) is 4.90 Å². The van der Waals surface area contributed by atoms with E-state index in [2.05, 4.69) is 26.6 Å². The predicted molar refractivity (Wildman–Crippen MR) is 99.7 cm³/mol. The first kappa shape index (κ1) is 16.1. The minimum atomic E-state index is -0.306. The van der Waals surface area contributed by atoms with E-state index >= 15 is 0 Å². The fourth-order valence-electron chi connectivity index (χ4n) is 4.97. The van der Waals surface area contributed by atoms with Gasteiger partial charge < -0.3 is 14.1 Å². The highest BCUT2D eigenvalue weighted by Gasteiger charge is 2.42. The molecule has 3 aromatic rings. The third-order valence-corrected chi connectivity index (χ3v) is 6.20. The Kier molecular flexibility index (Phi) is 3.87. The van der Waals surface area contributed by atoms with Crippen LogP contribution in [0.15, 0.2) is 47.1 Å². The maximum Gasteiger partial charge on any atom is 0.118 e. The summed E-state index contributed by atoms with van der Waals surface area (Å²) in [6, 6.07) is 12.4. The van der Waals surface area contributed by atoms with Crippen LogP contribution in [0, 0.1) is 18.8 Å². The van der Waals surface area contributed by atoms with Gasteiger partial charge in [-0.15, -0.1) is 0 Å². The number of aliphatic hydroxyl groups is 1. The van der Waals surface area contributed by atoms with E-state index < -0.39 is 0 Å². The zero-order valence-corrected chi connectivity index (χ0v) is 15.1. The van der Waals surface area contributed by atoms with Crippen molar-refractivity contribution in [1.82, 2.24) is 14.5 Å². The molecule has 1 N–H and O–H groups in total. The molecule has 5 heteroatoms. The Balaban J connectivity index is 1.33. The van der Waals surface area contributed by atoms with Crippen molar-refractivity contribution in [3.63, 3.8) is 0 Å². The fraction of sp³-hybridized carbons (Fsp3) is 0.476. The molecule has 2 aromatic heterocycles. The maximum absolute atomic E-state index is 10.8. The summed E-state index contributed by atoms with van der Waals surface area (Å²) in [5.74, 6) is 3.21. The lowest BCUT2D eigenvalue weighted by Crippen LogP contribution is -2.36. The Labute approximate surface area is 153 Å². The van der Waals surface area contributed by atoms with Crippen molar-refractivity contribution in [1.29, 1.82) is 0 Å². The number of benzene rings is 1. The summed E-state index contributed by atoms with van der Waals surface area (Å²) in [7, 11) is 0. The first-order valence-electron chi connectivity index (χ1n) is 9.54. The Morgan fingerprint density at radius 3 is 2.73 bits per heavy atom. The number of rotatable bonds is 3. The normalized spacial score (nSPS) is 29.3. The fourth-order valence-corrected chi connectivity index (χ4v) is 4.97. The summed E-state index contributed by atoms with van der Waals surface area (Å²) in [6.07, 6.45) is 3.48. The Morgan fingerprint density at radius 1 is 1.12 bits per heavy atom. The molecule has 26 heavy (non-hydrogen) atoms. The smallest absolute Gasteiger partial charge is 0.118 e. The van der Waals surface area contributed by atoms with Gasteiger partial charge in [-0.05, 0) is 55.9 Å². The van der Waals surface area contributed by atoms with E-state index in [1.54, 1.807) is 0 Å². The first-order valence-corrected chi connectivity index (χ1v) is 9.54. The Hall–Kier alpha value is -2.11. The van der Waals surface area contributed by atoms with E-state index in [1.165, 1.54) is 0 Å². The minimum Gasteiger partial charge on any atom is -0.465 e. The lowest BCUT2D eigenvalue weighted by molar-refractivity contribution is 0.0374. The molecule has 1 aromatic carbocycles. The quantitative estimate of drug-likeness (QED) is 0.786. The second-order valence-electron chi connectivity index (χ2n) is 7.97. The third kappa shape index (κ3) is 2.75. The van der Waals surface area contributed by atoms with Crippen LogP contribution in [0.3, 0.4) is 0 Å². The number of hydrogen-bond acceptors (Lipinski definition) is 4. The molecule has 0 unspecified atom stereocenters. The maximum atomic E-state index is 10.8. The van der Waals surface area contributed by atoms with Gasteiger partial charge in [0.25, 0.3) is 0 Å². The van der Waals surface area contributed by atoms with Crippen LogP contribution in [0.1, 0.15) is 30.4 Å². The van der Waals surface area contributed by atoms with E-state index in [0.29, 0.717) is 11.8 Å². The molecular formula is C21H25N3O2. The summed E-state index contributed by atoms with van der Waals surface area (Å²) in [6.45, 7) is 5.00. The average Bonchev–Trinajstić information content (AvgIpc) is 3.32. The highest BCUT2D eigenvalue weighted by Crippen LogP contribution is 2.42. The van der Waals surface area contributed by atoms with Crippen LogP contribution < -0.4 is 0 Å². The number of furan rings is 1. The van der Waals surface area contributed by atoms with Crippen molar-refractivity contribution in [2.24, 2.45) is 11.8 Å². The highest BCUT2D eigenvalue weighted by molar-refractivity contribution is 5.75. The van der Waals surface area contributed by atoms with Crippen molar-refractivity contribution < 1.29 is 9.52 Å². The molecular weight excluding hydrogens is 326 g/mol. The van der Waals surface area contributed by atoms with Crippen LogP contribution >= 0.6 is 0 Å². The van der Waals surface area contributed by atoms with Gasteiger partial charge in [0.2, 0.25) is 0 Å². The second-order valence-corrected chi connectivity index (χ2v) is 7.97. The summed E-state index contributed by atoms with van der Waals surface area (Å²) < 4.78 is 7.93. The number of imidazole rings is 1. The molecule has 3 heterocycles. The summed E-state index contributed by atoms with van der Waals surface area (Å²) in [4.78, 5) is 7.00. The molecule has 1 saturated heterocycles. The molecule has 1 saturated carbocycles. The highest BCUT2D eigenvalue weighted by atomic mass is 16.3. The standard InChI is InChI=1S/C21H25N3O2/c1-14-6-7-17(26-14)12-23-10-15-8-20(21(25)9-16(15)11-23)24-13-22-18-4-2-3-5-19(18)24/h2-7,13,15-16,20-21,25H,8-12H2,1H3/t15-,16+,20-,21-/m1/s1. The topological polar surface area (TPSA) is 54.4 Å². The molecule has 1 aliphatic heterocycles. The van der Waals surface area contributed by atoms with Gasteiger partial charge in [0.1, 0.15) is 11.5 Å². The van der Waals surface area contributed by atoms with Crippen LogP contribution in [0.4, 0.5) is 0 Å². The summed E-state index contributed by atoms with van der Waals surface area (Å²) in [5.41, 5.74) is 2.12. The molecule has 5 nitrogen and oxygen atoms in total. The van der Waals surface area contributed by atoms with Crippen LogP contribution in [0.5, 0.6) is 0 Å². The van der Waals surface area contributed by atoms with Crippen LogP contribution in [-0.2, 0) is 6.54 Å². The summed E-state index contributed by atoms with van der Waals surface area (Å²) >= 11 is 0. The van der Waals surface area contributed by atoms with Crippen molar-refractivity contribution >= 4 is 11.0 Å². The largest absolute Gasteiger partial charge is 0.465 e. The van der Waals surface area contributed by atoms with Crippen molar-refractivity contribution in [3.05, 3.63) is 54.2 Å². The number of aliphatic hydroxyl groups excluding tert-OH is 1. The van der Waals surface area contributed by atoms with Gasteiger partial charge in [-0.2, -0.15) is 0 Å². The first-order chi connectivity index (χ1) is 12.7. The van der Waals surface area contributed by atoms with E-state index in [-0.39, 0.29) is 12.1 Å². The van der Waals surface area contributed by atoms with E-state index in [9.17, 15) is 5.11 Å². The molecule has 2 aliphatic rings. The van der Waals surface area contributed by atoms with E-state index in [0.717, 1.165) is 55.0 Å². The number of hydrogen-bond donors (Lipinski definition) is 1. The molecule has 0 spiro atoms. The van der Waals surface area contributed by atoms with Gasteiger partial charge in [-0.25, -0.2) is 4.98 Å². The molecule has 2 fully saturated rings. The third-order valence-electron chi connectivity index (χ3n) is 6.20. The van der Waals surface area contributed by atoms with Gasteiger partial charge in [0.05, 0.1) is 36.1 Å². The molecule has 0 bridgehead atoms. The molecule has 0 radical (unpaired) electrons. The van der Waals surface area contributed by atoms with Gasteiger partial charge in [-0.1, -0.05) is 12.1 Å². The van der Waals surface area contributed by atoms with Crippen LogP contribution in [-0.4, -0.2) is 38.8 Å². The van der Waals surface area contributed by atoms with Crippen molar-refractivity contribution in [2.75, 3.05) is 13.1 Å². The van der Waals surface area contributed by atoms with Crippen molar-refractivity contribution in [2.45, 2.75) is 38.5 Å². The van der Waals surface area contributed by atoms with Crippen LogP contribution in [0.25, 0.3) is 11.0 Å². The zero-order chi connectivity index (χ0) is 17.7. The number of aryl methyl sites for hydroxylation is 1. The van der Waals surface area contributed by atoms with Gasteiger partial charge in [0, 0.05) is 13.1 Å². The molecule has 0 amide bonds. The SMILES string of the molecule is Cc1ccc(CN2C[C@H]3C[C@@H](n4cnc5ccccc54)[C@H](O)C[C@H]3C2)o1. The zero-order valence-electron chi connectivity index (χ0n) is 15.1. The van der Waals surface area contributed by atoms with Gasteiger partial charge in [0.15, 0.2) is 0 Å². The number of para-hydroxylation sites is 2. The lowest BCUT2D eigenvalue weighted by atomic mass is 9.77. The van der Waals surface area contributed by atoms with E-state index in [4.69, 9.17) is 4.42 Å².